The van der Waals surface area contributed by atoms with Crippen molar-refractivity contribution in [3.8, 4) is 0 Å². The number of Topliss-reactive ketones (excluding diaryl/α,β-unsaturated/α-hetero) is 1. The molecule has 0 saturated heterocycles. The number of ether oxygens (including phenoxy) is 1. The number of carbonyl (C=O) groups excluding carboxylic acids is 2. The molecule has 0 spiro atoms. The number of carbonyl (C=O) groups is 2. The molecule has 0 aliphatic rings. The Morgan fingerprint density at radius 1 is 1.33 bits per heavy atom. The molecule has 0 aliphatic carbocycles. The van der Waals surface area contributed by atoms with Crippen molar-refractivity contribution in [2.45, 2.75) is 27.3 Å². The van der Waals surface area contributed by atoms with Gasteiger partial charge in [-0.15, -0.1) is 0 Å². The zero-order valence-corrected chi connectivity index (χ0v) is 12.2. The molecule has 0 fully saturated rings. The zero-order valence-electron chi connectivity index (χ0n) is 12.2. The highest BCUT2D eigenvalue weighted by atomic mass is 16.5. The van der Waals surface area contributed by atoms with Crippen LogP contribution in [0.1, 0.15) is 20.8 Å². The molecule has 0 amide bonds. The summed E-state index contributed by atoms with van der Waals surface area (Å²) in [5.74, 6) is -0.596. The highest BCUT2D eigenvalue weighted by molar-refractivity contribution is 6.03. The molecule has 0 unspecified atom stereocenters. The van der Waals surface area contributed by atoms with E-state index in [0.29, 0.717) is 11.2 Å². The molecule has 2 aromatic rings. The summed E-state index contributed by atoms with van der Waals surface area (Å²) < 4.78 is 6.46. The summed E-state index contributed by atoms with van der Waals surface area (Å²) in [4.78, 5) is 36.2. The van der Waals surface area contributed by atoms with E-state index < -0.39 is 11.4 Å². The van der Waals surface area contributed by atoms with E-state index in [-0.39, 0.29) is 24.8 Å². The summed E-state index contributed by atoms with van der Waals surface area (Å²) in [6.45, 7) is 4.96. The third-order valence-corrected chi connectivity index (χ3v) is 3.23. The normalized spacial score (nSPS) is 11.6. The third kappa shape index (κ3) is 2.69. The summed E-state index contributed by atoms with van der Waals surface area (Å²) in [7, 11) is 0. The van der Waals surface area contributed by atoms with Crippen molar-refractivity contribution in [1.29, 1.82) is 0 Å². The number of nitrogens with two attached hydrogens (primary N) is 1. The molecule has 8 nitrogen and oxygen atoms in total. The number of imidazole rings is 1. The number of nitrogens with zero attached hydrogens (tertiary/aromatic N) is 4. The highest BCUT2D eigenvalue weighted by Crippen LogP contribution is 2.21. The average Bonchev–Trinajstić information content (AvgIpc) is 2.83. The average molecular weight is 291 g/mol. The highest BCUT2D eigenvalue weighted by Gasteiger charge is 2.37. The van der Waals surface area contributed by atoms with Crippen LogP contribution in [-0.2, 0) is 20.9 Å². The number of fused-ring (bicyclic) bond motifs is 1. The van der Waals surface area contributed by atoms with Crippen LogP contribution < -0.4 is 5.73 Å². The molecular weight excluding hydrogens is 274 g/mol. The summed E-state index contributed by atoms with van der Waals surface area (Å²) in [5.41, 5.74) is 5.34. The van der Waals surface area contributed by atoms with E-state index in [9.17, 15) is 9.59 Å². The van der Waals surface area contributed by atoms with E-state index in [1.165, 1.54) is 31.1 Å². The molecule has 112 valence electrons. The summed E-state index contributed by atoms with van der Waals surface area (Å²) in [6, 6.07) is 0. The molecule has 8 heteroatoms. The second kappa shape index (κ2) is 5.47. The number of hydrogen-bond acceptors (Lipinski definition) is 7. The Hall–Kier alpha value is -2.51. The van der Waals surface area contributed by atoms with E-state index in [4.69, 9.17) is 10.5 Å². The summed E-state index contributed by atoms with van der Waals surface area (Å²) >= 11 is 0. The van der Waals surface area contributed by atoms with Crippen molar-refractivity contribution in [3.05, 3.63) is 12.7 Å². The monoisotopic (exact) mass is 291 g/mol. The van der Waals surface area contributed by atoms with E-state index in [0.717, 1.165) is 0 Å². The minimum Gasteiger partial charge on any atom is -0.465 e. The quantitative estimate of drug-likeness (QED) is 0.632. The van der Waals surface area contributed by atoms with Crippen LogP contribution in [0.4, 0.5) is 5.82 Å². The number of aromatic nitrogens is 4. The van der Waals surface area contributed by atoms with Gasteiger partial charge in [0.05, 0.1) is 19.5 Å². The molecule has 0 radical (unpaired) electrons. The molecular formula is C13H17N5O3. The molecule has 0 aliphatic heterocycles. The smallest absolute Gasteiger partial charge is 0.319 e. The molecule has 2 heterocycles. The van der Waals surface area contributed by atoms with Gasteiger partial charge in [0.25, 0.3) is 0 Å². The largest absolute Gasteiger partial charge is 0.465 e. The van der Waals surface area contributed by atoms with Crippen molar-refractivity contribution in [2.24, 2.45) is 5.41 Å². The molecule has 2 aromatic heterocycles. The van der Waals surface area contributed by atoms with Gasteiger partial charge in [-0.3, -0.25) is 9.59 Å². The minimum absolute atomic E-state index is 0.0429. The van der Waals surface area contributed by atoms with Crippen LogP contribution in [0, 0.1) is 5.41 Å². The fourth-order valence-electron chi connectivity index (χ4n) is 1.79. The fraction of sp³-hybridized carbons (Fsp3) is 0.462. The van der Waals surface area contributed by atoms with Crippen LogP contribution >= 0.6 is 0 Å². The van der Waals surface area contributed by atoms with Crippen molar-refractivity contribution in [3.63, 3.8) is 0 Å². The van der Waals surface area contributed by atoms with Gasteiger partial charge in [-0.05, 0) is 20.8 Å². The van der Waals surface area contributed by atoms with Gasteiger partial charge in [0, 0.05) is 0 Å². The second-order valence-electron chi connectivity index (χ2n) is 5.07. The van der Waals surface area contributed by atoms with Crippen LogP contribution in [-0.4, -0.2) is 37.9 Å². The lowest BCUT2D eigenvalue weighted by atomic mass is 9.88. The Morgan fingerprint density at radius 3 is 2.71 bits per heavy atom. The Kier molecular flexibility index (Phi) is 3.88. The van der Waals surface area contributed by atoms with Crippen molar-refractivity contribution in [2.75, 3.05) is 12.3 Å². The van der Waals surface area contributed by atoms with Crippen LogP contribution in [0.25, 0.3) is 11.2 Å². The lowest BCUT2D eigenvalue weighted by Crippen LogP contribution is -2.37. The maximum atomic E-state index is 12.4. The molecule has 0 atom stereocenters. The maximum Gasteiger partial charge on any atom is 0.319 e. The number of ketones is 1. The van der Waals surface area contributed by atoms with Gasteiger partial charge in [0.15, 0.2) is 17.2 Å². The minimum atomic E-state index is -1.23. The zero-order chi connectivity index (χ0) is 15.6. The van der Waals surface area contributed by atoms with Crippen molar-refractivity contribution >= 4 is 28.7 Å². The number of anilines is 1. The van der Waals surface area contributed by atoms with Crippen LogP contribution in [0.15, 0.2) is 12.7 Å². The van der Waals surface area contributed by atoms with Crippen molar-refractivity contribution < 1.29 is 14.3 Å². The van der Waals surface area contributed by atoms with E-state index in [2.05, 4.69) is 15.0 Å². The van der Waals surface area contributed by atoms with E-state index >= 15 is 0 Å². The lowest BCUT2D eigenvalue weighted by molar-refractivity contribution is -0.158. The molecule has 2 rings (SSSR count). The van der Waals surface area contributed by atoms with Gasteiger partial charge in [0.1, 0.15) is 17.3 Å². The van der Waals surface area contributed by atoms with Gasteiger partial charge in [-0.25, -0.2) is 15.0 Å². The Labute approximate surface area is 121 Å². The molecule has 0 saturated carbocycles. The summed E-state index contributed by atoms with van der Waals surface area (Å²) in [5, 5.41) is 0. The maximum absolute atomic E-state index is 12.4. The molecule has 2 N–H and O–H groups in total. The predicted octanol–water partition coefficient (Wildman–Crippen LogP) is 0.567. The third-order valence-electron chi connectivity index (χ3n) is 3.23. The first kappa shape index (κ1) is 14.9. The fourth-order valence-corrected chi connectivity index (χ4v) is 1.79. The first-order valence-corrected chi connectivity index (χ1v) is 6.49. The number of esters is 1. The van der Waals surface area contributed by atoms with Gasteiger partial charge < -0.3 is 15.0 Å². The Bertz CT molecular complexity index is 692. The lowest BCUT2D eigenvalue weighted by Gasteiger charge is -2.20. The first-order valence-electron chi connectivity index (χ1n) is 6.49. The Balaban J connectivity index is 2.26. The van der Waals surface area contributed by atoms with E-state index in [1.54, 1.807) is 6.92 Å². The topological polar surface area (TPSA) is 113 Å². The second-order valence-corrected chi connectivity index (χ2v) is 5.07. The van der Waals surface area contributed by atoms with Crippen LogP contribution in [0.2, 0.25) is 0 Å². The summed E-state index contributed by atoms with van der Waals surface area (Å²) in [6.07, 6.45) is 2.76. The standard InChI is InChI=1S/C13H17N5O3/c1-4-21-12(20)13(2,3)8(19)5-18-7-17-9-10(14)15-6-16-11(9)18/h6-7H,4-5H2,1-3H3,(H2,14,15,16). The SMILES string of the molecule is CCOC(=O)C(C)(C)C(=O)Cn1cnc2c(N)ncnc21. The van der Waals surface area contributed by atoms with Gasteiger partial charge >= 0.3 is 5.97 Å². The number of nitrogen functional groups attached to an aromatic ring is 1. The van der Waals surface area contributed by atoms with Gasteiger partial charge in [-0.2, -0.15) is 0 Å². The van der Waals surface area contributed by atoms with Crippen molar-refractivity contribution in [1.82, 2.24) is 19.5 Å². The molecule has 0 aromatic carbocycles. The van der Waals surface area contributed by atoms with Crippen LogP contribution in [0.5, 0.6) is 0 Å². The van der Waals surface area contributed by atoms with Gasteiger partial charge in [0.2, 0.25) is 0 Å². The number of rotatable bonds is 5. The molecule has 21 heavy (non-hydrogen) atoms. The predicted molar refractivity (Wildman–Crippen MR) is 75.2 cm³/mol. The number of hydrogen-bond donors (Lipinski definition) is 1. The van der Waals surface area contributed by atoms with Crippen LogP contribution in [0.3, 0.4) is 0 Å². The van der Waals surface area contributed by atoms with E-state index in [1.807, 2.05) is 0 Å². The first-order chi connectivity index (χ1) is 9.87. The molecule has 0 bridgehead atoms. The Morgan fingerprint density at radius 2 is 2.05 bits per heavy atom. The van der Waals surface area contributed by atoms with Gasteiger partial charge in [-0.1, -0.05) is 0 Å².